The summed E-state index contributed by atoms with van der Waals surface area (Å²) >= 11 is 1.97. The van der Waals surface area contributed by atoms with E-state index in [4.69, 9.17) is 4.74 Å². The standard InChI is InChI=1S/C17H27NOS/c1-15-6-8-17(9-7-15)20-12-4-10-18(2)13-16-5-3-11-19-14-16/h6-9,16H,3-5,10-14H2,1-2H3. The third kappa shape index (κ3) is 5.86. The molecule has 1 saturated heterocycles. The number of ether oxygens (including phenoxy) is 1. The Kier molecular flexibility index (Phi) is 6.91. The van der Waals surface area contributed by atoms with Crippen molar-refractivity contribution in [2.75, 3.05) is 39.1 Å². The Hall–Kier alpha value is -0.510. The molecule has 1 fully saturated rings. The Morgan fingerprint density at radius 1 is 1.30 bits per heavy atom. The van der Waals surface area contributed by atoms with E-state index in [-0.39, 0.29) is 0 Å². The van der Waals surface area contributed by atoms with Crippen molar-refractivity contribution in [1.82, 2.24) is 4.90 Å². The Bertz CT molecular complexity index is 373. The predicted octanol–water partition coefficient (Wildman–Crippen LogP) is 3.84. The first kappa shape index (κ1) is 15.9. The Morgan fingerprint density at radius 3 is 2.80 bits per heavy atom. The van der Waals surface area contributed by atoms with E-state index >= 15 is 0 Å². The molecule has 1 aromatic carbocycles. The molecule has 1 heterocycles. The van der Waals surface area contributed by atoms with Gasteiger partial charge in [-0.1, -0.05) is 17.7 Å². The minimum absolute atomic E-state index is 0.749. The first-order valence-electron chi connectivity index (χ1n) is 7.70. The molecule has 1 aliphatic heterocycles. The largest absolute Gasteiger partial charge is 0.381 e. The molecule has 1 aliphatic rings. The Morgan fingerprint density at radius 2 is 2.10 bits per heavy atom. The van der Waals surface area contributed by atoms with Gasteiger partial charge in [-0.3, -0.25) is 0 Å². The van der Waals surface area contributed by atoms with Gasteiger partial charge in [-0.15, -0.1) is 11.8 Å². The molecule has 1 aromatic rings. The van der Waals surface area contributed by atoms with E-state index in [1.165, 1.54) is 48.6 Å². The molecule has 112 valence electrons. The van der Waals surface area contributed by atoms with Crippen LogP contribution in [0.25, 0.3) is 0 Å². The van der Waals surface area contributed by atoms with Crippen LogP contribution in [0.4, 0.5) is 0 Å². The quantitative estimate of drug-likeness (QED) is 0.560. The number of nitrogens with zero attached hydrogens (tertiary/aromatic N) is 1. The van der Waals surface area contributed by atoms with E-state index in [9.17, 15) is 0 Å². The SMILES string of the molecule is Cc1ccc(SCCCN(C)CC2CCCOC2)cc1. The summed E-state index contributed by atoms with van der Waals surface area (Å²) in [5.74, 6) is 1.95. The van der Waals surface area contributed by atoms with E-state index in [0.717, 1.165) is 19.1 Å². The molecule has 0 spiro atoms. The van der Waals surface area contributed by atoms with Crippen molar-refractivity contribution in [3.05, 3.63) is 29.8 Å². The van der Waals surface area contributed by atoms with E-state index in [0.29, 0.717) is 0 Å². The summed E-state index contributed by atoms with van der Waals surface area (Å²) in [6, 6.07) is 8.83. The smallest absolute Gasteiger partial charge is 0.0506 e. The van der Waals surface area contributed by atoms with Crippen molar-refractivity contribution in [2.24, 2.45) is 5.92 Å². The molecule has 0 aliphatic carbocycles. The highest BCUT2D eigenvalue weighted by atomic mass is 32.2. The van der Waals surface area contributed by atoms with Gasteiger partial charge in [0, 0.05) is 18.0 Å². The molecular formula is C17H27NOS. The molecule has 0 bridgehead atoms. The maximum atomic E-state index is 5.55. The zero-order chi connectivity index (χ0) is 14.2. The number of rotatable bonds is 7. The summed E-state index contributed by atoms with van der Waals surface area (Å²) in [6.45, 7) is 6.44. The molecular weight excluding hydrogens is 266 g/mol. The van der Waals surface area contributed by atoms with Gasteiger partial charge in [-0.05, 0) is 63.6 Å². The monoisotopic (exact) mass is 293 g/mol. The van der Waals surface area contributed by atoms with Crippen LogP contribution in [0.3, 0.4) is 0 Å². The molecule has 0 radical (unpaired) electrons. The maximum Gasteiger partial charge on any atom is 0.0506 e. The predicted molar refractivity (Wildman–Crippen MR) is 87.6 cm³/mol. The molecule has 0 amide bonds. The van der Waals surface area contributed by atoms with Crippen LogP contribution in [0.2, 0.25) is 0 Å². The molecule has 1 atom stereocenters. The number of aryl methyl sites for hydroxylation is 1. The molecule has 2 nitrogen and oxygen atoms in total. The normalized spacial score (nSPS) is 19.4. The van der Waals surface area contributed by atoms with Gasteiger partial charge in [0.25, 0.3) is 0 Å². The third-order valence-corrected chi connectivity index (χ3v) is 4.90. The van der Waals surface area contributed by atoms with Crippen molar-refractivity contribution in [3.63, 3.8) is 0 Å². The lowest BCUT2D eigenvalue weighted by molar-refractivity contribution is 0.0421. The summed E-state index contributed by atoms with van der Waals surface area (Å²) < 4.78 is 5.55. The molecule has 3 heteroatoms. The topological polar surface area (TPSA) is 12.5 Å². The van der Waals surface area contributed by atoms with Crippen LogP contribution in [0, 0.1) is 12.8 Å². The number of hydrogen-bond acceptors (Lipinski definition) is 3. The summed E-state index contributed by atoms with van der Waals surface area (Å²) in [7, 11) is 2.24. The third-order valence-electron chi connectivity index (χ3n) is 3.80. The number of hydrogen-bond donors (Lipinski definition) is 0. The van der Waals surface area contributed by atoms with Crippen molar-refractivity contribution in [3.8, 4) is 0 Å². The van der Waals surface area contributed by atoms with Crippen molar-refractivity contribution < 1.29 is 4.74 Å². The zero-order valence-electron chi connectivity index (χ0n) is 12.8. The molecule has 2 rings (SSSR count). The van der Waals surface area contributed by atoms with Crippen molar-refractivity contribution in [1.29, 1.82) is 0 Å². The Labute approximate surface area is 127 Å². The summed E-state index contributed by atoms with van der Waals surface area (Å²) in [5.41, 5.74) is 1.34. The van der Waals surface area contributed by atoms with Crippen molar-refractivity contribution in [2.45, 2.75) is 31.1 Å². The second kappa shape index (κ2) is 8.71. The molecule has 0 N–H and O–H groups in total. The van der Waals surface area contributed by atoms with Gasteiger partial charge in [-0.2, -0.15) is 0 Å². The molecule has 0 aromatic heterocycles. The lowest BCUT2D eigenvalue weighted by Gasteiger charge is -2.27. The average molecular weight is 293 g/mol. The zero-order valence-corrected chi connectivity index (χ0v) is 13.6. The fourth-order valence-corrected chi connectivity index (χ4v) is 3.48. The first-order chi connectivity index (χ1) is 9.74. The van der Waals surface area contributed by atoms with Gasteiger partial charge in [0.05, 0.1) is 6.61 Å². The van der Waals surface area contributed by atoms with Crippen LogP contribution >= 0.6 is 11.8 Å². The van der Waals surface area contributed by atoms with E-state index in [2.05, 4.69) is 43.1 Å². The maximum absolute atomic E-state index is 5.55. The minimum atomic E-state index is 0.749. The highest BCUT2D eigenvalue weighted by molar-refractivity contribution is 7.99. The van der Waals surface area contributed by atoms with Gasteiger partial charge in [0.1, 0.15) is 0 Å². The fourth-order valence-electron chi connectivity index (χ4n) is 2.64. The number of benzene rings is 1. The number of thioether (sulfide) groups is 1. The summed E-state index contributed by atoms with van der Waals surface area (Å²) in [4.78, 5) is 3.86. The van der Waals surface area contributed by atoms with Crippen LogP contribution in [0.1, 0.15) is 24.8 Å². The lowest BCUT2D eigenvalue weighted by Crippen LogP contribution is -2.31. The lowest BCUT2D eigenvalue weighted by atomic mass is 10.0. The molecule has 1 unspecified atom stereocenters. The highest BCUT2D eigenvalue weighted by Gasteiger charge is 2.15. The van der Waals surface area contributed by atoms with Crippen LogP contribution in [-0.2, 0) is 4.74 Å². The van der Waals surface area contributed by atoms with Gasteiger partial charge in [0.15, 0.2) is 0 Å². The van der Waals surface area contributed by atoms with Crippen LogP contribution < -0.4 is 0 Å². The fraction of sp³-hybridized carbons (Fsp3) is 0.647. The minimum Gasteiger partial charge on any atom is -0.381 e. The van der Waals surface area contributed by atoms with Gasteiger partial charge < -0.3 is 9.64 Å². The van der Waals surface area contributed by atoms with E-state index in [1.807, 2.05) is 11.8 Å². The van der Waals surface area contributed by atoms with Gasteiger partial charge in [-0.25, -0.2) is 0 Å². The van der Waals surface area contributed by atoms with Crippen LogP contribution in [0.5, 0.6) is 0 Å². The van der Waals surface area contributed by atoms with Crippen LogP contribution in [-0.4, -0.2) is 44.0 Å². The second-order valence-corrected chi connectivity index (χ2v) is 7.03. The second-order valence-electron chi connectivity index (χ2n) is 5.86. The van der Waals surface area contributed by atoms with Gasteiger partial charge >= 0.3 is 0 Å². The van der Waals surface area contributed by atoms with Crippen LogP contribution in [0.15, 0.2) is 29.2 Å². The molecule has 20 heavy (non-hydrogen) atoms. The first-order valence-corrected chi connectivity index (χ1v) is 8.68. The van der Waals surface area contributed by atoms with E-state index in [1.54, 1.807) is 0 Å². The van der Waals surface area contributed by atoms with Gasteiger partial charge in [0.2, 0.25) is 0 Å². The average Bonchev–Trinajstić information content (AvgIpc) is 2.46. The highest BCUT2D eigenvalue weighted by Crippen LogP contribution is 2.19. The summed E-state index contributed by atoms with van der Waals surface area (Å²) in [5, 5.41) is 0. The Balaban J connectivity index is 1.56. The molecule has 0 saturated carbocycles. The van der Waals surface area contributed by atoms with E-state index < -0.39 is 0 Å². The summed E-state index contributed by atoms with van der Waals surface area (Å²) in [6.07, 6.45) is 3.83. The van der Waals surface area contributed by atoms with Crippen molar-refractivity contribution >= 4 is 11.8 Å².